The monoisotopic (exact) mass is 357 g/mol. The van der Waals surface area contributed by atoms with Gasteiger partial charge in [0, 0.05) is 18.7 Å². The Labute approximate surface area is 146 Å². The minimum Gasteiger partial charge on any atom is -0.490 e. The summed E-state index contributed by atoms with van der Waals surface area (Å²) in [4.78, 5) is 4.39. The highest BCUT2D eigenvalue weighted by molar-refractivity contribution is 5.79. The molecule has 0 saturated heterocycles. The van der Waals surface area contributed by atoms with Gasteiger partial charge in [0.1, 0.15) is 5.75 Å². The molecular weight excluding hydrogens is 331 g/mol. The zero-order valence-corrected chi connectivity index (χ0v) is 14.5. The molecule has 1 aromatic rings. The Kier molecular flexibility index (Phi) is 7.40. The molecule has 2 N–H and O–H groups in total. The first-order chi connectivity index (χ1) is 12.0. The summed E-state index contributed by atoms with van der Waals surface area (Å²) in [7, 11) is 0. The Bertz CT molecular complexity index is 555. The van der Waals surface area contributed by atoms with E-state index in [0.29, 0.717) is 19.0 Å². The van der Waals surface area contributed by atoms with Crippen LogP contribution in [0.2, 0.25) is 0 Å². The fraction of sp³-hybridized carbons (Fsp3) is 0.611. The molecule has 0 unspecified atom stereocenters. The number of aliphatic imine (C=N–C) groups is 1. The summed E-state index contributed by atoms with van der Waals surface area (Å²) in [6, 6.07) is 7.70. The van der Waals surface area contributed by atoms with Gasteiger partial charge in [-0.3, -0.25) is 0 Å². The molecule has 2 rings (SSSR count). The van der Waals surface area contributed by atoms with Crippen molar-refractivity contribution < 1.29 is 17.9 Å². The maximum absolute atomic E-state index is 12.3. The van der Waals surface area contributed by atoms with Crippen LogP contribution in [0.3, 0.4) is 0 Å². The van der Waals surface area contributed by atoms with Crippen molar-refractivity contribution in [1.29, 1.82) is 0 Å². The van der Waals surface area contributed by atoms with E-state index in [1.165, 1.54) is 12.8 Å². The van der Waals surface area contributed by atoms with Gasteiger partial charge in [0.2, 0.25) is 0 Å². The average molecular weight is 357 g/mol. The third-order valence-corrected chi connectivity index (χ3v) is 4.02. The van der Waals surface area contributed by atoms with Gasteiger partial charge in [-0.1, -0.05) is 18.2 Å². The highest BCUT2D eigenvalue weighted by Crippen LogP contribution is 2.27. The van der Waals surface area contributed by atoms with Gasteiger partial charge in [0.05, 0.1) is 19.1 Å². The molecule has 1 saturated carbocycles. The molecule has 1 aromatic carbocycles. The maximum Gasteiger partial charge on any atom is 0.390 e. The van der Waals surface area contributed by atoms with Crippen molar-refractivity contribution in [2.45, 2.75) is 57.9 Å². The quantitative estimate of drug-likeness (QED) is 0.572. The summed E-state index contributed by atoms with van der Waals surface area (Å²) >= 11 is 0. The number of hydrogen-bond donors (Lipinski definition) is 2. The zero-order chi connectivity index (χ0) is 18.1. The van der Waals surface area contributed by atoms with Gasteiger partial charge in [-0.25, -0.2) is 4.99 Å². The van der Waals surface area contributed by atoms with Crippen LogP contribution in [-0.4, -0.2) is 31.3 Å². The highest BCUT2D eigenvalue weighted by Gasteiger charge is 2.26. The summed E-state index contributed by atoms with van der Waals surface area (Å²) in [5, 5.41) is 5.68. The predicted octanol–water partition coefficient (Wildman–Crippen LogP) is 4.02. The van der Waals surface area contributed by atoms with Gasteiger partial charge in [-0.05, 0) is 38.7 Å². The zero-order valence-electron chi connectivity index (χ0n) is 14.5. The van der Waals surface area contributed by atoms with Crippen LogP contribution in [0.5, 0.6) is 5.75 Å². The second-order valence-electron chi connectivity index (χ2n) is 6.12. The number of alkyl halides is 3. The molecule has 4 nitrogen and oxygen atoms in total. The van der Waals surface area contributed by atoms with Crippen LogP contribution in [0.1, 0.15) is 44.6 Å². The number of ether oxygens (including phenoxy) is 1. The molecule has 0 aliphatic heterocycles. The van der Waals surface area contributed by atoms with Gasteiger partial charge in [0.25, 0.3) is 0 Å². The van der Waals surface area contributed by atoms with Crippen molar-refractivity contribution >= 4 is 5.96 Å². The van der Waals surface area contributed by atoms with Crippen LogP contribution in [0.4, 0.5) is 13.2 Å². The highest BCUT2D eigenvalue weighted by atomic mass is 19.4. The first kappa shape index (κ1) is 19.4. The maximum atomic E-state index is 12.3. The fourth-order valence-electron chi connectivity index (χ4n) is 2.76. The van der Waals surface area contributed by atoms with E-state index in [1.807, 2.05) is 31.2 Å². The average Bonchev–Trinajstić information content (AvgIpc) is 3.05. The van der Waals surface area contributed by atoms with Crippen molar-refractivity contribution in [2.24, 2.45) is 4.99 Å². The van der Waals surface area contributed by atoms with Gasteiger partial charge < -0.3 is 15.4 Å². The van der Waals surface area contributed by atoms with Crippen LogP contribution in [0.25, 0.3) is 0 Å². The topological polar surface area (TPSA) is 45.7 Å². The van der Waals surface area contributed by atoms with Gasteiger partial charge >= 0.3 is 6.18 Å². The van der Waals surface area contributed by atoms with Crippen LogP contribution < -0.4 is 15.4 Å². The first-order valence-electron chi connectivity index (χ1n) is 8.81. The van der Waals surface area contributed by atoms with Crippen molar-refractivity contribution in [2.75, 3.05) is 13.1 Å². The van der Waals surface area contributed by atoms with E-state index < -0.39 is 12.6 Å². The third kappa shape index (κ3) is 7.23. The minimum atomic E-state index is -4.17. The Morgan fingerprint density at radius 1 is 1.20 bits per heavy atom. The number of halogens is 3. The molecule has 140 valence electrons. The van der Waals surface area contributed by atoms with E-state index in [-0.39, 0.29) is 12.6 Å². The molecule has 0 amide bonds. The number of nitrogens with one attached hydrogen (secondary N) is 2. The molecular formula is C18H26F3N3O. The number of hydrogen-bond acceptors (Lipinski definition) is 2. The lowest BCUT2D eigenvalue weighted by atomic mass is 10.2. The first-order valence-corrected chi connectivity index (χ1v) is 8.81. The van der Waals surface area contributed by atoms with Crippen LogP contribution >= 0.6 is 0 Å². The summed E-state index contributed by atoms with van der Waals surface area (Å²) < 4.78 is 42.9. The van der Waals surface area contributed by atoms with E-state index in [1.54, 1.807) is 0 Å². The molecule has 0 atom stereocenters. The summed E-state index contributed by atoms with van der Waals surface area (Å²) in [5.74, 6) is 1.19. The molecule has 25 heavy (non-hydrogen) atoms. The Morgan fingerprint density at radius 3 is 2.60 bits per heavy atom. The normalized spacial score (nSPS) is 16.1. The van der Waals surface area contributed by atoms with Crippen molar-refractivity contribution in [3.05, 3.63) is 29.8 Å². The number of rotatable bonds is 7. The molecule has 1 aliphatic carbocycles. The van der Waals surface area contributed by atoms with E-state index in [4.69, 9.17) is 4.74 Å². The lowest BCUT2D eigenvalue weighted by Gasteiger charge is -2.16. The third-order valence-electron chi connectivity index (χ3n) is 4.02. The van der Waals surface area contributed by atoms with Crippen LogP contribution in [0.15, 0.2) is 29.3 Å². The molecule has 0 spiro atoms. The van der Waals surface area contributed by atoms with Crippen molar-refractivity contribution in [3.63, 3.8) is 0 Å². The number of benzene rings is 1. The summed E-state index contributed by atoms with van der Waals surface area (Å²) in [6.07, 6.45) is -0.288. The molecule has 0 bridgehead atoms. The van der Waals surface area contributed by atoms with Crippen LogP contribution in [-0.2, 0) is 6.54 Å². The van der Waals surface area contributed by atoms with Crippen molar-refractivity contribution in [1.82, 2.24) is 10.6 Å². The van der Waals surface area contributed by atoms with E-state index in [0.717, 1.165) is 24.2 Å². The lowest BCUT2D eigenvalue weighted by molar-refractivity contribution is -0.132. The Balaban J connectivity index is 1.96. The molecule has 0 aromatic heterocycles. The Hall–Kier alpha value is -1.92. The largest absolute Gasteiger partial charge is 0.490 e. The predicted molar refractivity (Wildman–Crippen MR) is 92.8 cm³/mol. The molecule has 0 heterocycles. The fourth-order valence-corrected chi connectivity index (χ4v) is 2.76. The van der Waals surface area contributed by atoms with Crippen molar-refractivity contribution in [3.8, 4) is 5.75 Å². The second kappa shape index (κ2) is 9.53. The second-order valence-corrected chi connectivity index (χ2v) is 6.12. The Morgan fingerprint density at radius 2 is 1.92 bits per heavy atom. The standard InChI is InChI=1S/C18H26F3N3O/c1-2-22-17(23-12-11-18(19,20)21)24-13-14-7-3-6-10-16(14)25-15-8-4-5-9-15/h3,6-7,10,15H,2,4-5,8-9,11-13H2,1H3,(H2,22,23,24). The van der Waals surface area contributed by atoms with Gasteiger partial charge in [0.15, 0.2) is 5.96 Å². The lowest BCUT2D eigenvalue weighted by Crippen LogP contribution is -2.38. The number of guanidine groups is 1. The molecule has 1 aliphatic rings. The SMILES string of the molecule is CCNC(=NCc1ccccc1OC1CCCC1)NCCC(F)(F)F. The molecule has 1 fully saturated rings. The van der Waals surface area contributed by atoms with E-state index in [2.05, 4.69) is 15.6 Å². The smallest absolute Gasteiger partial charge is 0.390 e. The van der Waals surface area contributed by atoms with Gasteiger partial charge in [-0.2, -0.15) is 13.2 Å². The van der Waals surface area contributed by atoms with E-state index in [9.17, 15) is 13.2 Å². The number of para-hydroxylation sites is 1. The van der Waals surface area contributed by atoms with E-state index >= 15 is 0 Å². The van der Waals surface area contributed by atoms with Crippen LogP contribution in [0, 0.1) is 0 Å². The number of nitrogens with zero attached hydrogens (tertiary/aromatic N) is 1. The molecule has 0 radical (unpaired) electrons. The summed E-state index contributed by atoms with van der Waals surface area (Å²) in [5.41, 5.74) is 0.933. The minimum absolute atomic E-state index is 0.199. The summed E-state index contributed by atoms with van der Waals surface area (Å²) in [6.45, 7) is 2.61. The molecule has 7 heteroatoms. The van der Waals surface area contributed by atoms with Gasteiger partial charge in [-0.15, -0.1) is 0 Å².